The van der Waals surface area contributed by atoms with Crippen LogP contribution in [-0.2, 0) is 16.1 Å². The fourth-order valence-electron chi connectivity index (χ4n) is 2.23. The molecule has 0 spiro atoms. The van der Waals surface area contributed by atoms with E-state index in [9.17, 15) is 9.59 Å². The van der Waals surface area contributed by atoms with E-state index in [1.807, 2.05) is 51.1 Å². The highest BCUT2D eigenvalue weighted by Crippen LogP contribution is 2.13. The highest BCUT2D eigenvalue weighted by Gasteiger charge is 2.13. The average molecular weight is 311 g/mol. The molecule has 0 aliphatic heterocycles. The van der Waals surface area contributed by atoms with Gasteiger partial charge in [-0.3, -0.25) is 4.79 Å². The molecule has 0 fully saturated rings. The van der Waals surface area contributed by atoms with E-state index in [0.717, 1.165) is 22.3 Å². The summed E-state index contributed by atoms with van der Waals surface area (Å²) in [6.07, 6.45) is 0. The van der Waals surface area contributed by atoms with Crippen LogP contribution in [0.3, 0.4) is 0 Å². The molecule has 4 heteroatoms. The van der Waals surface area contributed by atoms with Gasteiger partial charge in [-0.1, -0.05) is 36.4 Å². The molecule has 0 radical (unpaired) electrons. The van der Waals surface area contributed by atoms with Crippen molar-refractivity contribution in [2.45, 2.75) is 27.3 Å². The molecular weight excluding hydrogens is 290 g/mol. The van der Waals surface area contributed by atoms with Crippen LogP contribution in [-0.4, -0.2) is 18.5 Å². The molecule has 0 saturated heterocycles. The number of benzene rings is 2. The largest absolute Gasteiger partial charge is 0.452 e. The molecular formula is C19H21NO3. The lowest BCUT2D eigenvalue weighted by Gasteiger charge is -2.10. The lowest BCUT2D eigenvalue weighted by molar-refractivity contribution is -0.124. The van der Waals surface area contributed by atoms with Gasteiger partial charge in [0.15, 0.2) is 6.61 Å². The third-order valence-electron chi connectivity index (χ3n) is 3.90. The summed E-state index contributed by atoms with van der Waals surface area (Å²) in [5, 5.41) is 2.76. The molecule has 23 heavy (non-hydrogen) atoms. The fraction of sp³-hybridized carbons (Fsp3) is 0.263. The Morgan fingerprint density at radius 1 is 0.957 bits per heavy atom. The maximum absolute atomic E-state index is 12.0. The lowest BCUT2D eigenvalue weighted by Crippen LogP contribution is -2.28. The first-order chi connectivity index (χ1) is 11.0. The fourth-order valence-corrected chi connectivity index (χ4v) is 2.23. The van der Waals surface area contributed by atoms with Gasteiger partial charge in [0.2, 0.25) is 0 Å². The number of nitrogens with one attached hydrogen (secondary N) is 1. The predicted octanol–water partition coefficient (Wildman–Crippen LogP) is 3.09. The van der Waals surface area contributed by atoms with Gasteiger partial charge in [-0.25, -0.2) is 4.79 Å². The first kappa shape index (κ1) is 16.7. The number of carbonyl (C=O) groups excluding carboxylic acids is 2. The van der Waals surface area contributed by atoms with Crippen LogP contribution in [0.15, 0.2) is 42.5 Å². The summed E-state index contributed by atoms with van der Waals surface area (Å²) >= 11 is 0. The molecule has 0 bridgehead atoms. The number of esters is 1. The Bertz CT molecular complexity index is 722. The topological polar surface area (TPSA) is 55.4 Å². The summed E-state index contributed by atoms with van der Waals surface area (Å²) in [4.78, 5) is 23.9. The second-order valence-corrected chi connectivity index (χ2v) is 5.53. The summed E-state index contributed by atoms with van der Waals surface area (Å²) in [5.41, 5.74) is 4.54. The SMILES string of the molecule is Cc1ccccc1CNC(=O)COC(=O)c1cccc(C)c1C. The van der Waals surface area contributed by atoms with Gasteiger partial charge >= 0.3 is 5.97 Å². The van der Waals surface area contributed by atoms with Crippen molar-refractivity contribution in [3.05, 3.63) is 70.3 Å². The zero-order valence-corrected chi connectivity index (χ0v) is 13.7. The van der Waals surface area contributed by atoms with Crippen LogP contribution in [0, 0.1) is 20.8 Å². The monoisotopic (exact) mass is 311 g/mol. The summed E-state index contributed by atoms with van der Waals surface area (Å²) in [7, 11) is 0. The van der Waals surface area contributed by atoms with Gasteiger partial charge in [0, 0.05) is 6.54 Å². The van der Waals surface area contributed by atoms with E-state index in [4.69, 9.17) is 4.74 Å². The van der Waals surface area contributed by atoms with Crippen molar-refractivity contribution in [2.24, 2.45) is 0 Å². The first-order valence-corrected chi connectivity index (χ1v) is 7.53. The molecule has 2 aromatic carbocycles. The van der Waals surface area contributed by atoms with Gasteiger partial charge in [0.1, 0.15) is 0 Å². The van der Waals surface area contributed by atoms with Crippen LogP contribution in [0.5, 0.6) is 0 Å². The van der Waals surface area contributed by atoms with Gasteiger partial charge in [0.05, 0.1) is 5.56 Å². The van der Waals surface area contributed by atoms with E-state index in [1.54, 1.807) is 12.1 Å². The smallest absolute Gasteiger partial charge is 0.338 e. The van der Waals surface area contributed by atoms with Crippen LogP contribution in [0.2, 0.25) is 0 Å². The van der Waals surface area contributed by atoms with Crippen molar-refractivity contribution in [2.75, 3.05) is 6.61 Å². The maximum atomic E-state index is 12.0. The van der Waals surface area contributed by atoms with Crippen molar-refractivity contribution in [1.29, 1.82) is 0 Å². The molecule has 0 aliphatic rings. The normalized spacial score (nSPS) is 10.2. The van der Waals surface area contributed by atoms with Crippen LogP contribution in [0.4, 0.5) is 0 Å². The van der Waals surface area contributed by atoms with E-state index < -0.39 is 5.97 Å². The number of amides is 1. The van der Waals surface area contributed by atoms with Crippen molar-refractivity contribution in [3.63, 3.8) is 0 Å². The summed E-state index contributed by atoms with van der Waals surface area (Å²) in [5.74, 6) is -0.788. The quantitative estimate of drug-likeness (QED) is 0.863. The van der Waals surface area contributed by atoms with Crippen LogP contribution in [0.1, 0.15) is 32.6 Å². The zero-order chi connectivity index (χ0) is 16.8. The van der Waals surface area contributed by atoms with E-state index >= 15 is 0 Å². The molecule has 0 aliphatic carbocycles. The van der Waals surface area contributed by atoms with E-state index in [1.165, 1.54) is 0 Å². The van der Waals surface area contributed by atoms with Gasteiger partial charge in [-0.15, -0.1) is 0 Å². The summed E-state index contributed by atoms with van der Waals surface area (Å²) in [6, 6.07) is 13.3. The number of aryl methyl sites for hydroxylation is 2. The molecule has 2 rings (SSSR count). The number of hydrogen-bond acceptors (Lipinski definition) is 3. The third kappa shape index (κ3) is 4.42. The van der Waals surface area contributed by atoms with Gasteiger partial charge in [0.25, 0.3) is 5.91 Å². The van der Waals surface area contributed by atoms with Crippen molar-refractivity contribution in [1.82, 2.24) is 5.32 Å². The standard InChI is InChI=1S/C19H21NO3/c1-13-8-6-10-17(15(13)3)19(22)23-12-18(21)20-11-16-9-5-4-7-14(16)2/h4-10H,11-12H2,1-3H3,(H,20,21). The number of hydrogen-bond donors (Lipinski definition) is 1. The van der Waals surface area contributed by atoms with E-state index in [2.05, 4.69) is 5.32 Å². The minimum Gasteiger partial charge on any atom is -0.452 e. The molecule has 0 unspecified atom stereocenters. The molecule has 0 atom stereocenters. The Hall–Kier alpha value is -2.62. The van der Waals surface area contributed by atoms with Crippen molar-refractivity contribution in [3.8, 4) is 0 Å². The highest BCUT2D eigenvalue weighted by molar-refractivity contribution is 5.93. The Labute approximate surface area is 136 Å². The Balaban J connectivity index is 1.86. The number of ether oxygens (including phenoxy) is 1. The minimum atomic E-state index is -0.475. The Kier molecular flexibility index (Phi) is 5.52. The zero-order valence-electron chi connectivity index (χ0n) is 13.7. The van der Waals surface area contributed by atoms with E-state index in [0.29, 0.717) is 12.1 Å². The van der Waals surface area contributed by atoms with E-state index in [-0.39, 0.29) is 12.5 Å². The second kappa shape index (κ2) is 7.58. The van der Waals surface area contributed by atoms with Crippen LogP contribution in [0.25, 0.3) is 0 Å². The molecule has 1 amide bonds. The third-order valence-corrected chi connectivity index (χ3v) is 3.90. The molecule has 0 aromatic heterocycles. The Morgan fingerprint density at radius 2 is 1.65 bits per heavy atom. The summed E-state index contributed by atoms with van der Waals surface area (Å²) in [6.45, 7) is 5.93. The van der Waals surface area contributed by atoms with Crippen LogP contribution >= 0.6 is 0 Å². The number of rotatable bonds is 5. The molecule has 0 heterocycles. The van der Waals surface area contributed by atoms with Crippen LogP contribution < -0.4 is 5.32 Å². The molecule has 2 aromatic rings. The molecule has 4 nitrogen and oxygen atoms in total. The average Bonchev–Trinajstić information content (AvgIpc) is 2.54. The second-order valence-electron chi connectivity index (χ2n) is 5.53. The van der Waals surface area contributed by atoms with Gasteiger partial charge < -0.3 is 10.1 Å². The Morgan fingerprint density at radius 3 is 2.39 bits per heavy atom. The maximum Gasteiger partial charge on any atom is 0.338 e. The first-order valence-electron chi connectivity index (χ1n) is 7.53. The minimum absolute atomic E-state index is 0.280. The summed E-state index contributed by atoms with van der Waals surface area (Å²) < 4.78 is 5.09. The highest BCUT2D eigenvalue weighted by atomic mass is 16.5. The molecule has 0 saturated carbocycles. The van der Waals surface area contributed by atoms with Gasteiger partial charge in [-0.2, -0.15) is 0 Å². The lowest BCUT2D eigenvalue weighted by atomic mass is 10.0. The van der Waals surface area contributed by atoms with Gasteiger partial charge in [-0.05, 0) is 49.1 Å². The molecule has 120 valence electrons. The van der Waals surface area contributed by atoms with Crippen molar-refractivity contribution < 1.29 is 14.3 Å². The predicted molar refractivity (Wildman–Crippen MR) is 89.2 cm³/mol. The number of carbonyl (C=O) groups is 2. The van der Waals surface area contributed by atoms with Crippen molar-refractivity contribution >= 4 is 11.9 Å². The molecule has 1 N–H and O–H groups in total.